The lowest BCUT2D eigenvalue weighted by atomic mass is 9.94. The molecule has 0 bridgehead atoms. The highest BCUT2D eigenvalue weighted by Crippen LogP contribution is 2.39. The Balaban J connectivity index is 1.24. The van der Waals surface area contributed by atoms with Crippen molar-refractivity contribution in [2.75, 3.05) is 0 Å². The van der Waals surface area contributed by atoms with E-state index in [-0.39, 0.29) is 0 Å². The minimum atomic E-state index is 0.654. The Morgan fingerprint density at radius 1 is 0.327 bits per heavy atom. The summed E-state index contributed by atoms with van der Waals surface area (Å²) in [6.45, 7) is 0. The fourth-order valence-corrected chi connectivity index (χ4v) is 6.62. The summed E-state index contributed by atoms with van der Waals surface area (Å²) in [6, 6.07) is 63.4. The minimum absolute atomic E-state index is 0.654. The van der Waals surface area contributed by atoms with Gasteiger partial charge in [0.05, 0.1) is 0 Å². The maximum absolute atomic E-state index is 6.54. The van der Waals surface area contributed by atoms with Gasteiger partial charge in [-0.1, -0.05) is 140 Å². The highest BCUT2D eigenvalue weighted by Gasteiger charge is 2.20. The van der Waals surface area contributed by atoms with Crippen LogP contribution in [0.15, 0.2) is 186 Å². The zero-order valence-electron chi connectivity index (χ0n) is 26.6. The zero-order valence-corrected chi connectivity index (χ0v) is 26.6. The molecule has 0 atom stereocenters. The predicted octanol–water partition coefficient (Wildman–Crippen LogP) is 12.4. The molecule has 0 saturated carbocycles. The number of aromatic nitrogens is 2. The predicted molar refractivity (Wildman–Crippen MR) is 202 cm³/mol. The number of hydrogen-bond acceptors (Lipinski definition) is 3. The van der Waals surface area contributed by atoms with Crippen LogP contribution in [0.1, 0.15) is 0 Å². The second kappa shape index (κ2) is 12.2. The summed E-state index contributed by atoms with van der Waals surface area (Å²) in [7, 11) is 0. The summed E-state index contributed by atoms with van der Waals surface area (Å²) in [6.07, 6.45) is 0. The highest BCUT2D eigenvalue weighted by atomic mass is 16.3. The third kappa shape index (κ3) is 5.48. The molecule has 0 N–H and O–H groups in total. The topological polar surface area (TPSA) is 38.9 Å². The van der Waals surface area contributed by atoms with Gasteiger partial charge in [0.25, 0.3) is 0 Å². The third-order valence-electron chi connectivity index (χ3n) is 9.06. The van der Waals surface area contributed by atoms with E-state index in [1.165, 1.54) is 11.1 Å². The molecular weight excluding hydrogens is 597 g/mol. The SMILES string of the molecule is c1ccc(-c2cccc(-c3cccc(-c4nc(-c5cc(-c6ccccc6)cc(-c6ccccc6)c5)c5oc6ccccc6c5n4)c3)c2)cc1. The number of nitrogens with zero attached hydrogens (tertiary/aromatic N) is 2. The van der Waals surface area contributed by atoms with Crippen LogP contribution in [-0.2, 0) is 0 Å². The van der Waals surface area contributed by atoms with Gasteiger partial charge in [-0.25, -0.2) is 9.97 Å². The molecule has 0 unspecified atom stereocenters. The Morgan fingerprint density at radius 2 is 0.755 bits per heavy atom. The van der Waals surface area contributed by atoms with E-state index in [2.05, 4.69) is 146 Å². The summed E-state index contributed by atoms with van der Waals surface area (Å²) >= 11 is 0. The molecule has 0 spiro atoms. The number of para-hydroxylation sites is 1. The molecule has 0 aliphatic rings. The monoisotopic (exact) mass is 626 g/mol. The number of fused-ring (bicyclic) bond motifs is 3. The van der Waals surface area contributed by atoms with Crippen molar-refractivity contribution in [1.82, 2.24) is 9.97 Å². The quantitative estimate of drug-likeness (QED) is 0.184. The summed E-state index contributed by atoms with van der Waals surface area (Å²) in [5.41, 5.74) is 14.1. The Labute approximate surface area is 284 Å². The standard InChI is InChI=1S/C46H30N2O/c1-4-14-31(15-5-1)34-20-12-21-35(26-34)36-22-13-23-37(27-36)46-47-43(45-44(48-46)41-24-10-11-25-42(41)49-45)40-29-38(32-16-6-2-7-17-32)28-39(30-40)33-18-8-3-9-19-33/h1-30H. The lowest BCUT2D eigenvalue weighted by molar-refractivity contribution is 0.667. The van der Waals surface area contributed by atoms with Crippen LogP contribution >= 0.6 is 0 Å². The van der Waals surface area contributed by atoms with E-state index in [4.69, 9.17) is 14.4 Å². The molecule has 0 aliphatic heterocycles. The van der Waals surface area contributed by atoms with Crippen molar-refractivity contribution < 1.29 is 4.42 Å². The summed E-state index contributed by atoms with van der Waals surface area (Å²) < 4.78 is 6.54. The lowest BCUT2D eigenvalue weighted by Crippen LogP contribution is -1.95. The smallest absolute Gasteiger partial charge is 0.180 e. The second-order valence-electron chi connectivity index (χ2n) is 12.2. The van der Waals surface area contributed by atoms with E-state index >= 15 is 0 Å². The van der Waals surface area contributed by atoms with Gasteiger partial charge in [0, 0.05) is 16.5 Å². The van der Waals surface area contributed by atoms with Crippen LogP contribution in [0.2, 0.25) is 0 Å². The zero-order chi connectivity index (χ0) is 32.6. The lowest BCUT2D eigenvalue weighted by Gasteiger charge is -2.12. The molecule has 0 saturated heterocycles. The fourth-order valence-electron chi connectivity index (χ4n) is 6.62. The summed E-state index contributed by atoms with van der Waals surface area (Å²) in [4.78, 5) is 10.5. The van der Waals surface area contributed by atoms with E-state index < -0.39 is 0 Å². The van der Waals surface area contributed by atoms with Gasteiger partial charge in [-0.05, 0) is 87.0 Å². The van der Waals surface area contributed by atoms with E-state index in [9.17, 15) is 0 Å². The van der Waals surface area contributed by atoms with Crippen molar-refractivity contribution >= 4 is 22.1 Å². The van der Waals surface area contributed by atoms with Crippen molar-refractivity contribution in [3.63, 3.8) is 0 Å². The maximum atomic E-state index is 6.54. The van der Waals surface area contributed by atoms with Gasteiger partial charge in [0.1, 0.15) is 16.8 Å². The van der Waals surface area contributed by atoms with Gasteiger partial charge in [-0.3, -0.25) is 0 Å². The Morgan fingerprint density at radius 3 is 1.37 bits per heavy atom. The maximum Gasteiger partial charge on any atom is 0.180 e. The summed E-state index contributed by atoms with van der Waals surface area (Å²) in [5.74, 6) is 0.654. The molecule has 0 fully saturated rings. The fraction of sp³-hybridized carbons (Fsp3) is 0. The Hall–Kier alpha value is -6.58. The molecule has 9 aromatic rings. The minimum Gasteiger partial charge on any atom is -0.452 e. The van der Waals surface area contributed by atoms with E-state index in [0.29, 0.717) is 11.4 Å². The summed E-state index contributed by atoms with van der Waals surface area (Å²) in [5, 5.41) is 0.969. The van der Waals surface area contributed by atoms with Crippen molar-refractivity contribution in [1.29, 1.82) is 0 Å². The molecule has 9 rings (SSSR count). The van der Waals surface area contributed by atoms with Gasteiger partial charge in [0.2, 0.25) is 0 Å². The largest absolute Gasteiger partial charge is 0.452 e. The van der Waals surface area contributed by atoms with Crippen LogP contribution in [0.25, 0.3) is 89.2 Å². The molecule has 3 nitrogen and oxygen atoms in total. The second-order valence-corrected chi connectivity index (χ2v) is 12.2. The van der Waals surface area contributed by atoms with Crippen LogP contribution in [0, 0.1) is 0 Å². The van der Waals surface area contributed by atoms with Crippen molar-refractivity contribution in [2.45, 2.75) is 0 Å². The van der Waals surface area contributed by atoms with Crippen LogP contribution in [-0.4, -0.2) is 9.97 Å². The van der Waals surface area contributed by atoms with E-state index in [0.717, 1.165) is 66.7 Å². The van der Waals surface area contributed by atoms with Gasteiger partial charge >= 0.3 is 0 Å². The van der Waals surface area contributed by atoms with Crippen LogP contribution < -0.4 is 0 Å². The van der Waals surface area contributed by atoms with Crippen molar-refractivity contribution in [2.24, 2.45) is 0 Å². The molecular formula is C46H30N2O. The van der Waals surface area contributed by atoms with Gasteiger partial charge in [0.15, 0.2) is 11.4 Å². The van der Waals surface area contributed by atoms with Gasteiger partial charge in [-0.2, -0.15) is 0 Å². The first-order chi connectivity index (χ1) is 24.3. The Kier molecular flexibility index (Phi) is 7.14. The first-order valence-electron chi connectivity index (χ1n) is 16.5. The van der Waals surface area contributed by atoms with E-state index in [1.54, 1.807) is 0 Å². The van der Waals surface area contributed by atoms with Crippen LogP contribution in [0.4, 0.5) is 0 Å². The third-order valence-corrected chi connectivity index (χ3v) is 9.06. The van der Waals surface area contributed by atoms with E-state index in [1.807, 2.05) is 36.4 Å². The molecule has 3 heteroatoms. The van der Waals surface area contributed by atoms with Crippen molar-refractivity contribution in [3.05, 3.63) is 182 Å². The normalized spacial score (nSPS) is 11.3. The number of rotatable bonds is 6. The molecule has 0 radical (unpaired) electrons. The van der Waals surface area contributed by atoms with Gasteiger partial charge < -0.3 is 4.42 Å². The number of hydrogen-bond donors (Lipinski definition) is 0. The average molecular weight is 627 g/mol. The molecule has 2 aromatic heterocycles. The first kappa shape index (κ1) is 28.6. The molecule has 7 aromatic carbocycles. The van der Waals surface area contributed by atoms with Crippen molar-refractivity contribution in [3.8, 4) is 67.2 Å². The van der Waals surface area contributed by atoms with Crippen LogP contribution in [0.5, 0.6) is 0 Å². The average Bonchev–Trinajstić information content (AvgIpc) is 3.57. The highest BCUT2D eigenvalue weighted by molar-refractivity contribution is 6.07. The first-order valence-corrected chi connectivity index (χ1v) is 16.5. The molecule has 49 heavy (non-hydrogen) atoms. The molecule has 230 valence electrons. The number of furan rings is 1. The molecule has 0 aliphatic carbocycles. The Bertz CT molecular complexity index is 2530. The van der Waals surface area contributed by atoms with Gasteiger partial charge in [-0.15, -0.1) is 0 Å². The molecule has 0 amide bonds. The van der Waals surface area contributed by atoms with Crippen LogP contribution in [0.3, 0.4) is 0 Å². The molecule has 2 heterocycles. The number of benzene rings is 7.